The highest BCUT2D eigenvalue weighted by atomic mass is 16.5. The Morgan fingerprint density at radius 3 is 2.41 bits per heavy atom. The van der Waals surface area contributed by atoms with Crippen molar-refractivity contribution >= 4 is 23.7 Å². The number of phenolic OH excluding ortho intramolecular Hbond substituents is 1. The second-order valence-electron chi connectivity index (χ2n) is 5.47. The van der Waals surface area contributed by atoms with Gasteiger partial charge >= 0.3 is 0 Å². The Kier molecular flexibility index (Phi) is 7.18. The van der Waals surface area contributed by atoms with E-state index in [1.165, 1.54) is 13.3 Å². The molecule has 0 radical (unpaired) electrons. The van der Waals surface area contributed by atoms with E-state index in [1.54, 1.807) is 49.6 Å². The number of phenols is 1. The molecule has 0 saturated heterocycles. The lowest BCUT2D eigenvalue weighted by atomic mass is 10.2. The summed E-state index contributed by atoms with van der Waals surface area (Å²) < 4.78 is 10.0. The number of carbonyl (C=O) groups excluding carboxylic acids is 2. The van der Waals surface area contributed by atoms with E-state index in [1.807, 2.05) is 0 Å². The monoisotopic (exact) mass is 371 g/mol. The minimum atomic E-state index is -0.418. The molecule has 0 bridgehead atoms. The Bertz CT molecular complexity index is 819. The topological polar surface area (TPSA) is 109 Å². The summed E-state index contributed by atoms with van der Waals surface area (Å²) in [4.78, 5) is 23.6. The third kappa shape index (κ3) is 6.03. The van der Waals surface area contributed by atoms with Crippen LogP contribution in [-0.4, -0.2) is 37.4 Å². The number of hydrogen-bond donors (Lipinski definition) is 3. The Morgan fingerprint density at radius 1 is 1.04 bits per heavy atom. The van der Waals surface area contributed by atoms with E-state index in [-0.39, 0.29) is 24.5 Å². The minimum Gasteiger partial charge on any atom is -0.504 e. The number of benzene rings is 2. The van der Waals surface area contributed by atoms with Crippen LogP contribution in [0, 0.1) is 0 Å². The van der Waals surface area contributed by atoms with E-state index in [4.69, 9.17) is 9.47 Å². The number of hydrogen-bond acceptors (Lipinski definition) is 6. The number of aromatic hydroxyl groups is 1. The molecule has 2 aromatic rings. The van der Waals surface area contributed by atoms with Crippen LogP contribution < -0.4 is 20.2 Å². The molecular formula is C19H21N3O5. The Hall–Kier alpha value is -3.55. The number of para-hydroxylation sites is 1. The van der Waals surface area contributed by atoms with Gasteiger partial charge in [-0.05, 0) is 36.4 Å². The van der Waals surface area contributed by atoms with Crippen molar-refractivity contribution in [3.05, 3.63) is 48.0 Å². The highest BCUT2D eigenvalue weighted by Crippen LogP contribution is 2.27. The first-order chi connectivity index (χ1) is 13.0. The SMILES string of the molecule is COc1ccc(NC(=O)CCC(=O)NN=Cc2cccc(OC)c2O)cc1. The first kappa shape index (κ1) is 19.8. The largest absolute Gasteiger partial charge is 0.504 e. The van der Waals surface area contributed by atoms with Crippen molar-refractivity contribution in [1.82, 2.24) is 5.43 Å². The van der Waals surface area contributed by atoms with Gasteiger partial charge in [-0.15, -0.1) is 0 Å². The maximum Gasteiger partial charge on any atom is 0.240 e. The Labute approximate surface area is 156 Å². The summed E-state index contributed by atoms with van der Waals surface area (Å²) in [5.74, 6) is 0.216. The maximum atomic E-state index is 11.9. The van der Waals surface area contributed by atoms with Gasteiger partial charge in [0, 0.05) is 24.1 Å². The molecule has 8 nitrogen and oxygen atoms in total. The van der Waals surface area contributed by atoms with Gasteiger partial charge < -0.3 is 19.9 Å². The van der Waals surface area contributed by atoms with Crippen LogP contribution >= 0.6 is 0 Å². The zero-order chi connectivity index (χ0) is 19.6. The number of methoxy groups -OCH3 is 2. The van der Waals surface area contributed by atoms with Crippen LogP contribution in [0.2, 0.25) is 0 Å². The summed E-state index contributed by atoms with van der Waals surface area (Å²) in [6.07, 6.45) is 1.29. The molecule has 3 N–H and O–H groups in total. The van der Waals surface area contributed by atoms with Crippen molar-refractivity contribution in [1.29, 1.82) is 0 Å². The number of nitrogens with zero attached hydrogens (tertiary/aromatic N) is 1. The third-order valence-electron chi connectivity index (χ3n) is 3.60. The number of ether oxygens (including phenoxy) is 2. The summed E-state index contributed by atoms with van der Waals surface area (Å²) in [6.45, 7) is 0. The number of rotatable bonds is 8. The first-order valence-corrected chi connectivity index (χ1v) is 8.15. The summed E-state index contributed by atoms with van der Waals surface area (Å²) in [5, 5.41) is 16.4. The van der Waals surface area contributed by atoms with E-state index in [0.29, 0.717) is 22.7 Å². The van der Waals surface area contributed by atoms with Gasteiger partial charge in [0.1, 0.15) is 5.75 Å². The zero-order valence-corrected chi connectivity index (χ0v) is 15.1. The quantitative estimate of drug-likeness (QED) is 0.487. The zero-order valence-electron chi connectivity index (χ0n) is 15.1. The van der Waals surface area contributed by atoms with Gasteiger partial charge in [-0.1, -0.05) is 6.07 Å². The lowest BCUT2D eigenvalue weighted by molar-refractivity contribution is -0.124. The fraction of sp³-hybridized carbons (Fsp3) is 0.211. The van der Waals surface area contributed by atoms with Crippen LogP contribution in [0.5, 0.6) is 17.2 Å². The second-order valence-corrected chi connectivity index (χ2v) is 5.47. The first-order valence-electron chi connectivity index (χ1n) is 8.15. The summed E-state index contributed by atoms with van der Waals surface area (Å²) in [7, 11) is 3.00. The Morgan fingerprint density at radius 2 is 1.74 bits per heavy atom. The van der Waals surface area contributed by atoms with Crippen molar-refractivity contribution in [2.75, 3.05) is 19.5 Å². The average molecular weight is 371 g/mol. The Balaban J connectivity index is 1.77. The van der Waals surface area contributed by atoms with E-state index >= 15 is 0 Å². The van der Waals surface area contributed by atoms with Gasteiger partial charge in [-0.25, -0.2) is 5.43 Å². The van der Waals surface area contributed by atoms with Crippen LogP contribution in [0.25, 0.3) is 0 Å². The average Bonchev–Trinajstić information content (AvgIpc) is 2.68. The second kappa shape index (κ2) is 9.81. The fourth-order valence-electron chi connectivity index (χ4n) is 2.16. The molecule has 0 aliphatic carbocycles. The summed E-state index contributed by atoms with van der Waals surface area (Å²) >= 11 is 0. The van der Waals surface area contributed by atoms with Crippen LogP contribution in [-0.2, 0) is 9.59 Å². The van der Waals surface area contributed by atoms with Gasteiger partial charge in [-0.2, -0.15) is 5.10 Å². The molecule has 0 unspecified atom stereocenters. The van der Waals surface area contributed by atoms with Crippen LogP contribution in [0.1, 0.15) is 18.4 Å². The molecule has 2 rings (SSSR count). The van der Waals surface area contributed by atoms with Crippen LogP contribution in [0.15, 0.2) is 47.6 Å². The van der Waals surface area contributed by atoms with Crippen molar-refractivity contribution in [2.45, 2.75) is 12.8 Å². The van der Waals surface area contributed by atoms with Gasteiger partial charge in [0.15, 0.2) is 11.5 Å². The lowest BCUT2D eigenvalue weighted by Crippen LogP contribution is -2.20. The maximum absolute atomic E-state index is 11.9. The molecule has 0 aliphatic heterocycles. The lowest BCUT2D eigenvalue weighted by Gasteiger charge is -2.06. The number of hydrazone groups is 1. The summed E-state index contributed by atoms with van der Waals surface area (Å²) in [5.41, 5.74) is 3.33. The molecule has 27 heavy (non-hydrogen) atoms. The smallest absolute Gasteiger partial charge is 0.240 e. The molecular weight excluding hydrogens is 350 g/mol. The molecule has 0 fully saturated rings. The van der Waals surface area contributed by atoms with Gasteiger partial charge in [0.25, 0.3) is 0 Å². The number of carbonyl (C=O) groups is 2. The van der Waals surface area contributed by atoms with E-state index in [2.05, 4.69) is 15.8 Å². The number of amides is 2. The molecule has 0 heterocycles. The molecule has 0 aromatic heterocycles. The molecule has 0 atom stereocenters. The number of nitrogens with one attached hydrogen (secondary N) is 2. The molecule has 2 aromatic carbocycles. The number of anilines is 1. The van der Waals surface area contributed by atoms with Crippen LogP contribution in [0.4, 0.5) is 5.69 Å². The fourth-order valence-corrected chi connectivity index (χ4v) is 2.16. The third-order valence-corrected chi connectivity index (χ3v) is 3.60. The van der Waals surface area contributed by atoms with Crippen molar-refractivity contribution in [3.63, 3.8) is 0 Å². The van der Waals surface area contributed by atoms with Gasteiger partial charge in [0.2, 0.25) is 11.8 Å². The van der Waals surface area contributed by atoms with E-state index in [0.717, 1.165) is 0 Å². The standard InChI is InChI=1S/C19H21N3O5/c1-26-15-8-6-14(7-9-15)21-17(23)10-11-18(24)22-20-12-13-4-3-5-16(27-2)19(13)25/h3-9,12,25H,10-11H2,1-2H3,(H,21,23)(H,22,24). The molecule has 142 valence electrons. The summed E-state index contributed by atoms with van der Waals surface area (Å²) in [6, 6.07) is 11.8. The molecule has 0 aliphatic rings. The highest BCUT2D eigenvalue weighted by Gasteiger charge is 2.08. The minimum absolute atomic E-state index is 0.0117. The van der Waals surface area contributed by atoms with Gasteiger partial charge in [-0.3, -0.25) is 9.59 Å². The van der Waals surface area contributed by atoms with E-state index in [9.17, 15) is 14.7 Å². The molecule has 0 saturated carbocycles. The van der Waals surface area contributed by atoms with Crippen molar-refractivity contribution < 1.29 is 24.2 Å². The normalized spacial score (nSPS) is 10.4. The van der Waals surface area contributed by atoms with Gasteiger partial charge in [0.05, 0.1) is 20.4 Å². The molecule has 2 amide bonds. The molecule has 0 spiro atoms. The van der Waals surface area contributed by atoms with Crippen molar-refractivity contribution in [2.24, 2.45) is 5.10 Å². The predicted octanol–water partition coefficient (Wildman–Crippen LogP) is 2.28. The van der Waals surface area contributed by atoms with Crippen LogP contribution in [0.3, 0.4) is 0 Å². The van der Waals surface area contributed by atoms with Crippen molar-refractivity contribution in [3.8, 4) is 17.2 Å². The van der Waals surface area contributed by atoms with E-state index < -0.39 is 5.91 Å². The highest BCUT2D eigenvalue weighted by molar-refractivity contribution is 5.93. The molecule has 8 heteroatoms. The predicted molar refractivity (Wildman–Crippen MR) is 101 cm³/mol.